The maximum absolute atomic E-state index is 11.8. The van der Waals surface area contributed by atoms with E-state index in [0.717, 1.165) is 57.8 Å². The molecule has 0 unspecified atom stereocenters. The van der Waals surface area contributed by atoms with Crippen molar-refractivity contribution in [2.24, 2.45) is 29.4 Å². The third-order valence-corrected chi connectivity index (χ3v) is 9.04. The van der Waals surface area contributed by atoms with E-state index >= 15 is 0 Å². The molecule has 0 heterocycles. The van der Waals surface area contributed by atoms with Gasteiger partial charge in [-0.3, -0.25) is 4.79 Å². The Kier molecular flexibility index (Phi) is 15.1. The molecule has 220 valence electrons. The summed E-state index contributed by atoms with van der Waals surface area (Å²) in [4.78, 5) is 11.8. The van der Waals surface area contributed by atoms with Crippen molar-refractivity contribution < 1.29 is 15.0 Å². The van der Waals surface area contributed by atoms with Gasteiger partial charge in [0.1, 0.15) is 0 Å². The Labute approximate surface area is 243 Å². The average molecular weight is 548 g/mol. The second-order valence-electron chi connectivity index (χ2n) is 12.2. The Bertz CT molecular complexity index is 955. The molecule has 2 aromatic carbocycles. The van der Waals surface area contributed by atoms with Gasteiger partial charge in [-0.2, -0.15) is 0 Å². The highest BCUT2D eigenvalue weighted by Gasteiger charge is 2.25. The smallest absolute Gasteiger partial charge is 0.303 e. The first kappa shape index (κ1) is 32.1. The van der Waals surface area contributed by atoms with E-state index in [2.05, 4.69) is 60.7 Å². The molecule has 2 aromatic rings. The summed E-state index contributed by atoms with van der Waals surface area (Å²) in [6.07, 6.45) is 19.3. The number of carboxylic acid groups (broad SMARTS) is 1. The minimum absolute atomic E-state index is 0.129. The van der Waals surface area contributed by atoms with Crippen LogP contribution in [-0.2, 0) is 17.6 Å². The maximum Gasteiger partial charge on any atom is 0.303 e. The van der Waals surface area contributed by atoms with E-state index in [1.54, 1.807) is 0 Å². The number of rotatable bonds is 19. The number of aliphatic carboxylic acids is 1. The Morgan fingerprint density at radius 1 is 0.825 bits per heavy atom. The lowest BCUT2D eigenvalue weighted by Gasteiger charge is -2.28. The molecule has 1 saturated carbocycles. The molecule has 4 atom stereocenters. The third kappa shape index (κ3) is 12.8. The summed E-state index contributed by atoms with van der Waals surface area (Å²) in [6.45, 7) is 0.591. The minimum atomic E-state index is -0.712. The first-order valence-corrected chi connectivity index (χ1v) is 15.9. The van der Waals surface area contributed by atoms with Crippen LogP contribution in [0.25, 0.3) is 0 Å². The van der Waals surface area contributed by atoms with Crippen LogP contribution >= 0.6 is 0 Å². The molecule has 0 amide bonds. The summed E-state index contributed by atoms with van der Waals surface area (Å²) in [6, 6.07) is 21.1. The van der Waals surface area contributed by atoms with Gasteiger partial charge in [-0.15, -0.1) is 0 Å². The zero-order valence-electron chi connectivity index (χ0n) is 24.5. The van der Waals surface area contributed by atoms with Crippen LogP contribution in [0.3, 0.4) is 0 Å². The normalized spacial score (nSPS) is 17.4. The zero-order chi connectivity index (χ0) is 28.4. The molecule has 0 aliphatic heterocycles. The summed E-state index contributed by atoms with van der Waals surface area (Å²) in [7, 11) is 0. The lowest BCUT2D eigenvalue weighted by Crippen LogP contribution is -2.23. The quantitative estimate of drug-likeness (QED) is 0.156. The predicted octanol–water partition coefficient (Wildman–Crippen LogP) is 7.98. The number of aryl methyl sites for hydroxylation is 2. The van der Waals surface area contributed by atoms with Gasteiger partial charge in [-0.05, 0) is 99.1 Å². The fourth-order valence-corrected chi connectivity index (χ4v) is 6.67. The second-order valence-corrected chi connectivity index (χ2v) is 12.2. The standard InChI is InChI=1S/C36H53NO3/c37-26-25-33(34(28-36(39)40)24-22-30-13-6-2-7-14-30)23-21-31(20-19-29-11-4-1-5-12-29)17-10-18-35(38)27-32-15-8-3-9-16-32/h1-2,4-7,10-14,18,31-35,38H,3,8-9,15-17,19-28,37H2,(H,39,40)/b18-10-/t31-,33-,34+,35-/m0/s1. The van der Waals surface area contributed by atoms with E-state index in [4.69, 9.17) is 5.73 Å². The van der Waals surface area contributed by atoms with Crippen molar-refractivity contribution in [3.8, 4) is 0 Å². The van der Waals surface area contributed by atoms with Crippen molar-refractivity contribution >= 4 is 5.97 Å². The van der Waals surface area contributed by atoms with Crippen LogP contribution in [0.4, 0.5) is 0 Å². The molecule has 3 rings (SSSR count). The molecule has 1 aliphatic carbocycles. The molecule has 0 spiro atoms. The number of carboxylic acids is 1. The highest BCUT2D eigenvalue weighted by molar-refractivity contribution is 5.67. The SMILES string of the molecule is NCC[C@H](CC[C@@H](C/C=C\[C@H](O)CC1CCCCC1)CCc1ccccc1)[C@H](CCc1ccccc1)CC(=O)O. The van der Waals surface area contributed by atoms with Gasteiger partial charge in [0.25, 0.3) is 0 Å². The first-order chi connectivity index (χ1) is 19.5. The molecule has 0 radical (unpaired) electrons. The highest BCUT2D eigenvalue weighted by atomic mass is 16.4. The van der Waals surface area contributed by atoms with E-state index in [0.29, 0.717) is 24.3 Å². The molecular formula is C36H53NO3. The predicted molar refractivity (Wildman–Crippen MR) is 166 cm³/mol. The Morgan fingerprint density at radius 2 is 1.45 bits per heavy atom. The van der Waals surface area contributed by atoms with Gasteiger partial charge in [0.15, 0.2) is 0 Å². The topological polar surface area (TPSA) is 83.5 Å². The van der Waals surface area contributed by atoms with Crippen LogP contribution in [-0.4, -0.2) is 28.8 Å². The first-order valence-electron chi connectivity index (χ1n) is 15.9. The van der Waals surface area contributed by atoms with Gasteiger partial charge in [-0.1, -0.05) is 105 Å². The number of aliphatic hydroxyl groups excluding tert-OH is 1. The van der Waals surface area contributed by atoms with Crippen LogP contribution in [0.1, 0.15) is 94.6 Å². The van der Waals surface area contributed by atoms with E-state index in [9.17, 15) is 15.0 Å². The Morgan fingerprint density at radius 3 is 2.05 bits per heavy atom. The van der Waals surface area contributed by atoms with Gasteiger partial charge in [0, 0.05) is 6.42 Å². The molecule has 40 heavy (non-hydrogen) atoms. The molecule has 4 nitrogen and oxygen atoms in total. The fraction of sp³-hybridized carbons (Fsp3) is 0.583. The average Bonchev–Trinajstić information content (AvgIpc) is 2.97. The van der Waals surface area contributed by atoms with Crippen molar-refractivity contribution in [3.63, 3.8) is 0 Å². The van der Waals surface area contributed by atoms with Gasteiger partial charge in [0.2, 0.25) is 0 Å². The zero-order valence-corrected chi connectivity index (χ0v) is 24.5. The van der Waals surface area contributed by atoms with Crippen LogP contribution in [0, 0.1) is 23.7 Å². The van der Waals surface area contributed by atoms with E-state index in [-0.39, 0.29) is 18.4 Å². The van der Waals surface area contributed by atoms with Crippen LogP contribution < -0.4 is 5.73 Å². The van der Waals surface area contributed by atoms with E-state index < -0.39 is 5.97 Å². The number of hydrogen-bond acceptors (Lipinski definition) is 3. The molecule has 1 fully saturated rings. The second kappa shape index (κ2) is 18.8. The van der Waals surface area contributed by atoms with Crippen molar-refractivity contribution in [2.45, 2.75) is 102 Å². The summed E-state index contributed by atoms with van der Waals surface area (Å²) < 4.78 is 0. The lowest BCUT2D eigenvalue weighted by molar-refractivity contribution is -0.138. The fourth-order valence-electron chi connectivity index (χ4n) is 6.67. The number of hydrogen-bond donors (Lipinski definition) is 3. The molecule has 4 N–H and O–H groups in total. The Balaban J connectivity index is 1.61. The largest absolute Gasteiger partial charge is 0.481 e. The van der Waals surface area contributed by atoms with Crippen LogP contribution in [0.5, 0.6) is 0 Å². The van der Waals surface area contributed by atoms with Crippen LogP contribution in [0.15, 0.2) is 72.8 Å². The minimum Gasteiger partial charge on any atom is -0.481 e. The number of allylic oxidation sites excluding steroid dienone is 1. The van der Waals surface area contributed by atoms with Crippen molar-refractivity contribution in [1.29, 1.82) is 0 Å². The molecule has 0 saturated heterocycles. The summed E-state index contributed by atoms with van der Waals surface area (Å²) in [5, 5.41) is 20.4. The van der Waals surface area contributed by atoms with E-state index in [1.807, 2.05) is 12.1 Å². The Hall–Kier alpha value is -2.43. The van der Waals surface area contributed by atoms with E-state index in [1.165, 1.54) is 43.2 Å². The van der Waals surface area contributed by atoms with Crippen molar-refractivity contribution in [3.05, 3.63) is 83.9 Å². The third-order valence-electron chi connectivity index (χ3n) is 9.04. The highest BCUT2D eigenvalue weighted by Crippen LogP contribution is 2.32. The maximum atomic E-state index is 11.8. The van der Waals surface area contributed by atoms with Gasteiger partial charge in [0.05, 0.1) is 6.10 Å². The molecule has 0 aromatic heterocycles. The van der Waals surface area contributed by atoms with Gasteiger partial charge in [-0.25, -0.2) is 0 Å². The number of nitrogens with two attached hydrogens (primary N) is 1. The number of carbonyl (C=O) groups is 1. The van der Waals surface area contributed by atoms with Crippen molar-refractivity contribution in [2.75, 3.05) is 6.54 Å². The van der Waals surface area contributed by atoms with Gasteiger partial charge < -0.3 is 15.9 Å². The summed E-state index contributed by atoms with van der Waals surface area (Å²) in [5.74, 6) is 0.893. The summed E-state index contributed by atoms with van der Waals surface area (Å²) >= 11 is 0. The van der Waals surface area contributed by atoms with Crippen LogP contribution in [0.2, 0.25) is 0 Å². The lowest BCUT2D eigenvalue weighted by atomic mass is 9.78. The molecule has 1 aliphatic rings. The van der Waals surface area contributed by atoms with Crippen molar-refractivity contribution in [1.82, 2.24) is 0 Å². The molecular weight excluding hydrogens is 494 g/mol. The number of aliphatic hydroxyl groups is 1. The van der Waals surface area contributed by atoms with Gasteiger partial charge >= 0.3 is 5.97 Å². The molecule has 0 bridgehead atoms. The number of benzene rings is 2. The summed E-state index contributed by atoms with van der Waals surface area (Å²) in [5.41, 5.74) is 8.68. The monoisotopic (exact) mass is 547 g/mol. The molecule has 4 heteroatoms.